The number of aliphatic hydroxyl groups excluding tert-OH is 1. The number of likely N-dealkylation sites (N-methyl/N-ethyl adjacent to an activating group) is 1. The molecule has 1 fully saturated rings. The highest BCUT2D eigenvalue weighted by molar-refractivity contribution is 5.83. The molecule has 0 bridgehead atoms. The van der Waals surface area contributed by atoms with Gasteiger partial charge in [-0.1, -0.05) is 35.9 Å². The quantitative estimate of drug-likeness (QED) is 0.655. The second kappa shape index (κ2) is 6.73. The van der Waals surface area contributed by atoms with Gasteiger partial charge in [0.25, 0.3) is 0 Å². The Hall–Kier alpha value is -2.14. The maximum absolute atomic E-state index is 11.6. The molecule has 0 saturated carbocycles. The molecule has 1 aromatic heterocycles. The molecule has 0 amide bonds. The van der Waals surface area contributed by atoms with Crippen LogP contribution in [-0.2, 0) is 12.0 Å². The highest BCUT2D eigenvalue weighted by atomic mass is 16.3. The molecule has 0 unspecified atom stereocenters. The van der Waals surface area contributed by atoms with E-state index in [1.165, 1.54) is 33.2 Å². The van der Waals surface area contributed by atoms with Gasteiger partial charge >= 0.3 is 0 Å². The third kappa shape index (κ3) is 2.63. The Morgan fingerprint density at radius 2 is 1.93 bits per heavy atom. The zero-order chi connectivity index (χ0) is 19.3. The Kier molecular flexibility index (Phi) is 4.31. The smallest absolute Gasteiger partial charge is 0.0834 e. The van der Waals surface area contributed by atoms with Crippen LogP contribution in [0.15, 0.2) is 48.7 Å². The van der Waals surface area contributed by atoms with Gasteiger partial charge in [-0.25, -0.2) is 0 Å². The molecule has 2 aliphatic rings. The Labute approximate surface area is 166 Å². The number of aromatic amines is 1. The van der Waals surface area contributed by atoms with E-state index in [0.717, 1.165) is 32.5 Å². The minimum Gasteiger partial charge on any atom is -0.390 e. The second-order valence-corrected chi connectivity index (χ2v) is 8.66. The summed E-state index contributed by atoms with van der Waals surface area (Å²) in [6, 6.07) is 15.3. The standard InChI is InChI=1S/C24H29N3O/c1-16-7-8-21-19(13-16)17(14-26-21)15-27(2)22-18-5-3-4-6-20(18)24(23(22)28)9-11-25-12-10-24/h3-8,13-14,22-23,25-26,28H,9-12,15H2,1-2H3/t22-,23+/m1/s1. The van der Waals surface area contributed by atoms with Gasteiger partial charge in [0.05, 0.1) is 12.1 Å². The largest absolute Gasteiger partial charge is 0.390 e. The van der Waals surface area contributed by atoms with Gasteiger partial charge in [0.2, 0.25) is 0 Å². The van der Waals surface area contributed by atoms with E-state index in [4.69, 9.17) is 0 Å². The minimum absolute atomic E-state index is 0.0315. The summed E-state index contributed by atoms with van der Waals surface area (Å²) in [5.74, 6) is 0. The van der Waals surface area contributed by atoms with E-state index < -0.39 is 0 Å². The van der Waals surface area contributed by atoms with Gasteiger partial charge in [0.1, 0.15) is 0 Å². The first kappa shape index (κ1) is 17.9. The number of nitrogens with one attached hydrogen (secondary N) is 2. The first-order valence-electron chi connectivity index (χ1n) is 10.4. The molecule has 0 radical (unpaired) electrons. The molecule has 28 heavy (non-hydrogen) atoms. The molecular formula is C24H29N3O. The fraction of sp³-hybridized carbons (Fsp3) is 0.417. The molecule has 4 nitrogen and oxygen atoms in total. The molecule has 3 N–H and O–H groups in total. The van der Waals surface area contributed by atoms with Crippen LogP contribution in [-0.4, -0.2) is 41.2 Å². The van der Waals surface area contributed by atoms with Crippen molar-refractivity contribution in [1.82, 2.24) is 15.2 Å². The molecule has 5 rings (SSSR count). The Morgan fingerprint density at radius 3 is 2.75 bits per heavy atom. The second-order valence-electron chi connectivity index (χ2n) is 8.66. The number of nitrogens with zero attached hydrogens (tertiary/aromatic N) is 1. The number of H-pyrrole nitrogens is 1. The van der Waals surface area contributed by atoms with Gasteiger partial charge in [0.15, 0.2) is 0 Å². The summed E-state index contributed by atoms with van der Waals surface area (Å²) < 4.78 is 0. The molecule has 1 aliphatic carbocycles. The molecule has 2 atom stereocenters. The highest BCUT2D eigenvalue weighted by Gasteiger charge is 2.52. The SMILES string of the molecule is Cc1ccc2[nH]cc(CN(C)[C@@H]3c4ccccc4C4(CCNCC4)[C@H]3O)c2c1. The summed E-state index contributed by atoms with van der Waals surface area (Å²) in [6.07, 6.45) is 3.75. The van der Waals surface area contributed by atoms with Gasteiger partial charge in [-0.05, 0) is 68.7 Å². The number of aryl methyl sites for hydroxylation is 1. The summed E-state index contributed by atoms with van der Waals surface area (Å²) in [4.78, 5) is 5.74. The lowest BCUT2D eigenvalue weighted by Crippen LogP contribution is -2.48. The molecule has 2 aromatic carbocycles. The number of benzene rings is 2. The Morgan fingerprint density at radius 1 is 1.14 bits per heavy atom. The van der Waals surface area contributed by atoms with Crippen molar-refractivity contribution in [3.05, 3.63) is 70.9 Å². The van der Waals surface area contributed by atoms with Crippen molar-refractivity contribution in [3.8, 4) is 0 Å². The van der Waals surface area contributed by atoms with Crippen LogP contribution >= 0.6 is 0 Å². The van der Waals surface area contributed by atoms with Gasteiger partial charge < -0.3 is 15.4 Å². The van der Waals surface area contributed by atoms with Crippen molar-refractivity contribution in [3.63, 3.8) is 0 Å². The lowest BCUT2D eigenvalue weighted by atomic mass is 9.72. The lowest BCUT2D eigenvalue weighted by Gasteiger charge is -2.40. The topological polar surface area (TPSA) is 51.3 Å². The van der Waals surface area contributed by atoms with Crippen LogP contribution in [0.1, 0.15) is 41.1 Å². The molecule has 1 aliphatic heterocycles. The third-order valence-corrected chi connectivity index (χ3v) is 6.99. The number of piperidine rings is 1. The average molecular weight is 376 g/mol. The van der Waals surface area contributed by atoms with Crippen LogP contribution in [0.4, 0.5) is 0 Å². The summed E-state index contributed by atoms with van der Waals surface area (Å²) in [6.45, 7) is 4.90. The highest BCUT2D eigenvalue weighted by Crippen LogP contribution is 2.52. The van der Waals surface area contributed by atoms with E-state index in [9.17, 15) is 5.11 Å². The zero-order valence-corrected chi connectivity index (χ0v) is 16.7. The molecule has 1 spiro atoms. The van der Waals surface area contributed by atoms with Crippen LogP contribution < -0.4 is 5.32 Å². The summed E-state index contributed by atoms with van der Waals surface area (Å²) in [5.41, 5.74) is 6.28. The number of rotatable bonds is 3. The van der Waals surface area contributed by atoms with Crippen molar-refractivity contribution in [2.45, 2.75) is 43.9 Å². The fourth-order valence-electron chi connectivity index (χ4n) is 5.55. The first-order valence-corrected chi connectivity index (χ1v) is 10.4. The van der Waals surface area contributed by atoms with E-state index in [1.807, 2.05) is 0 Å². The predicted octanol–water partition coefficient (Wildman–Crippen LogP) is 3.65. The van der Waals surface area contributed by atoms with Crippen molar-refractivity contribution in [1.29, 1.82) is 0 Å². The van der Waals surface area contributed by atoms with E-state index in [0.29, 0.717) is 0 Å². The van der Waals surface area contributed by atoms with Crippen LogP contribution in [0.2, 0.25) is 0 Å². The summed E-state index contributed by atoms with van der Waals surface area (Å²) >= 11 is 0. The van der Waals surface area contributed by atoms with Crippen LogP contribution in [0.3, 0.4) is 0 Å². The third-order valence-electron chi connectivity index (χ3n) is 6.99. The molecule has 3 aromatic rings. The maximum Gasteiger partial charge on any atom is 0.0834 e. The Balaban J connectivity index is 1.50. The van der Waals surface area contributed by atoms with Crippen molar-refractivity contribution >= 4 is 10.9 Å². The molecule has 146 valence electrons. The van der Waals surface area contributed by atoms with Gasteiger partial charge in [-0.3, -0.25) is 4.90 Å². The monoisotopic (exact) mass is 375 g/mol. The van der Waals surface area contributed by atoms with E-state index in [1.54, 1.807) is 0 Å². The van der Waals surface area contributed by atoms with Crippen LogP contribution in [0.25, 0.3) is 10.9 Å². The van der Waals surface area contributed by atoms with Gasteiger partial charge in [-0.2, -0.15) is 0 Å². The van der Waals surface area contributed by atoms with Crippen molar-refractivity contribution in [2.75, 3.05) is 20.1 Å². The zero-order valence-electron chi connectivity index (χ0n) is 16.7. The van der Waals surface area contributed by atoms with E-state index in [-0.39, 0.29) is 17.6 Å². The summed E-state index contributed by atoms with van der Waals surface area (Å²) in [7, 11) is 2.15. The Bertz CT molecular complexity index is 1000. The van der Waals surface area contributed by atoms with Gasteiger partial charge in [-0.15, -0.1) is 0 Å². The van der Waals surface area contributed by atoms with Crippen molar-refractivity contribution in [2.24, 2.45) is 0 Å². The summed E-state index contributed by atoms with van der Waals surface area (Å²) in [5, 5.41) is 16.3. The van der Waals surface area contributed by atoms with Crippen LogP contribution in [0, 0.1) is 6.92 Å². The van der Waals surface area contributed by atoms with Crippen molar-refractivity contribution < 1.29 is 5.11 Å². The predicted molar refractivity (Wildman–Crippen MR) is 113 cm³/mol. The number of hydrogen-bond donors (Lipinski definition) is 3. The molecule has 1 saturated heterocycles. The minimum atomic E-state index is -0.371. The normalized spacial score (nSPS) is 23.6. The fourth-order valence-corrected chi connectivity index (χ4v) is 5.55. The molecule has 2 heterocycles. The maximum atomic E-state index is 11.6. The van der Waals surface area contributed by atoms with Crippen LogP contribution in [0.5, 0.6) is 0 Å². The van der Waals surface area contributed by atoms with E-state index in [2.05, 4.69) is 77.8 Å². The first-order chi connectivity index (χ1) is 13.6. The number of hydrogen-bond acceptors (Lipinski definition) is 3. The van der Waals surface area contributed by atoms with Gasteiger partial charge in [0, 0.05) is 29.1 Å². The average Bonchev–Trinajstić information content (AvgIpc) is 3.20. The number of fused-ring (bicyclic) bond motifs is 3. The number of aliphatic hydroxyl groups is 1. The lowest BCUT2D eigenvalue weighted by molar-refractivity contribution is 0.00431. The molecular weight excluding hydrogens is 346 g/mol. The number of aromatic nitrogens is 1. The molecule has 4 heteroatoms. The van der Waals surface area contributed by atoms with E-state index >= 15 is 0 Å².